The van der Waals surface area contributed by atoms with Crippen LogP contribution in [0.5, 0.6) is 5.75 Å². The van der Waals surface area contributed by atoms with Gasteiger partial charge in [0.05, 0.1) is 0 Å². The van der Waals surface area contributed by atoms with Gasteiger partial charge in [-0.05, 0) is 22.9 Å². The third-order valence-corrected chi connectivity index (χ3v) is 2.60. The molecule has 1 heterocycles. The number of ether oxygens (including phenoxy) is 1. The van der Waals surface area contributed by atoms with Crippen LogP contribution in [0.1, 0.15) is 5.56 Å². The molecular formula is C13H9FO. The molecule has 0 fully saturated rings. The molecule has 2 aromatic carbocycles. The van der Waals surface area contributed by atoms with Crippen molar-refractivity contribution in [1.29, 1.82) is 0 Å². The summed E-state index contributed by atoms with van der Waals surface area (Å²) in [5.74, 6) is 0.536. The fourth-order valence-electron chi connectivity index (χ4n) is 1.90. The van der Waals surface area contributed by atoms with Gasteiger partial charge in [-0.3, -0.25) is 0 Å². The lowest BCUT2D eigenvalue weighted by Crippen LogP contribution is -2.04. The molecule has 1 aliphatic rings. The maximum absolute atomic E-state index is 13.1. The number of hydrogen-bond acceptors (Lipinski definition) is 1. The maximum atomic E-state index is 13.1. The fraction of sp³-hybridized carbons (Fsp3) is 0.0769. The lowest BCUT2D eigenvalue weighted by molar-refractivity contribution is 0.314. The number of rotatable bonds is 0. The Hall–Kier alpha value is -1.83. The quantitative estimate of drug-likeness (QED) is 0.632. The SMILES string of the molecule is FC1=Cc2c(ccc3ccccc23)OC1. The van der Waals surface area contributed by atoms with E-state index in [0.29, 0.717) is 0 Å². The van der Waals surface area contributed by atoms with E-state index in [1.165, 1.54) is 0 Å². The van der Waals surface area contributed by atoms with E-state index in [-0.39, 0.29) is 12.4 Å². The number of hydrogen-bond donors (Lipinski definition) is 0. The van der Waals surface area contributed by atoms with Crippen LogP contribution in [0, 0.1) is 0 Å². The summed E-state index contributed by atoms with van der Waals surface area (Å²) in [6.45, 7) is 0.0470. The second-order valence-electron chi connectivity index (χ2n) is 3.58. The van der Waals surface area contributed by atoms with Crippen molar-refractivity contribution in [1.82, 2.24) is 0 Å². The van der Waals surface area contributed by atoms with E-state index >= 15 is 0 Å². The predicted octanol–water partition coefficient (Wildman–Crippen LogP) is 3.54. The van der Waals surface area contributed by atoms with Crippen LogP contribution in [0.3, 0.4) is 0 Å². The molecule has 2 heteroatoms. The van der Waals surface area contributed by atoms with Crippen molar-refractivity contribution in [2.24, 2.45) is 0 Å². The predicted molar refractivity (Wildman–Crippen MR) is 58.5 cm³/mol. The fourth-order valence-corrected chi connectivity index (χ4v) is 1.90. The van der Waals surface area contributed by atoms with Gasteiger partial charge in [0, 0.05) is 5.56 Å². The zero-order valence-electron chi connectivity index (χ0n) is 8.03. The highest BCUT2D eigenvalue weighted by Crippen LogP contribution is 2.33. The number of fused-ring (bicyclic) bond motifs is 3. The zero-order valence-corrected chi connectivity index (χ0v) is 8.03. The Morgan fingerprint density at radius 2 is 1.93 bits per heavy atom. The van der Waals surface area contributed by atoms with E-state index in [4.69, 9.17) is 4.74 Å². The van der Waals surface area contributed by atoms with Crippen molar-refractivity contribution in [2.75, 3.05) is 6.61 Å². The Labute approximate surface area is 86.8 Å². The molecule has 2 aromatic rings. The van der Waals surface area contributed by atoms with Crippen molar-refractivity contribution in [3.63, 3.8) is 0 Å². The normalized spacial score (nSPS) is 14.3. The molecule has 0 saturated heterocycles. The lowest BCUT2D eigenvalue weighted by Gasteiger charge is -2.15. The van der Waals surface area contributed by atoms with Crippen LogP contribution >= 0.6 is 0 Å². The van der Waals surface area contributed by atoms with Crippen molar-refractivity contribution in [2.45, 2.75) is 0 Å². The molecule has 0 unspecified atom stereocenters. The van der Waals surface area contributed by atoms with Crippen LogP contribution in [0.4, 0.5) is 4.39 Å². The van der Waals surface area contributed by atoms with Crippen LogP contribution in [0.15, 0.2) is 42.2 Å². The highest BCUT2D eigenvalue weighted by Gasteiger charge is 2.13. The molecule has 0 spiro atoms. The van der Waals surface area contributed by atoms with Crippen molar-refractivity contribution in [3.05, 3.63) is 47.8 Å². The Morgan fingerprint density at radius 3 is 2.87 bits per heavy atom. The van der Waals surface area contributed by atoms with Crippen LogP contribution < -0.4 is 4.74 Å². The monoisotopic (exact) mass is 200 g/mol. The first-order valence-electron chi connectivity index (χ1n) is 4.85. The summed E-state index contributed by atoms with van der Waals surface area (Å²) in [5.41, 5.74) is 0.844. The van der Waals surface area contributed by atoms with Gasteiger partial charge in [0.25, 0.3) is 0 Å². The van der Waals surface area contributed by atoms with Crippen LogP contribution in [-0.2, 0) is 0 Å². The van der Waals surface area contributed by atoms with Gasteiger partial charge in [0.2, 0.25) is 0 Å². The molecule has 3 rings (SSSR count). The summed E-state index contributed by atoms with van der Waals surface area (Å²) >= 11 is 0. The van der Waals surface area contributed by atoms with Crippen molar-refractivity contribution >= 4 is 16.8 Å². The summed E-state index contributed by atoms with van der Waals surface area (Å²) in [5, 5.41) is 2.13. The van der Waals surface area contributed by atoms with E-state index in [9.17, 15) is 4.39 Å². The van der Waals surface area contributed by atoms with Crippen molar-refractivity contribution in [3.8, 4) is 5.75 Å². The van der Waals surface area contributed by atoms with Crippen LogP contribution in [0.25, 0.3) is 16.8 Å². The van der Waals surface area contributed by atoms with E-state index in [1.807, 2.05) is 36.4 Å². The Bertz CT molecular complexity index is 557. The van der Waals surface area contributed by atoms with E-state index in [2.05, 4.69) is 0 Å². The highest BCUT2D eigenvalue weighted by atomic mass is 19.1. The minimum absolute atomic E-state index is 0.0470. The van der Waals surface area contributed by atoms with Gasteiger partial charge in [0.1, 0.15) is 18.2 Å². The van der Waals surface area contributed by atoms with Gasteiger partial charge in [-0.15, -0.1) is 0 Å². The maximum Gasteiger partial charge on any atom is 0.140 e. The first kappa shape index (κ1) is 8.48. The second kappa shape index (κ2) is 3.09. The van der Waals surface area contributed by atoms with E-state index in [1.54, 1.807) is 6.08 Å². The summed E-state index contributed by atoms with van der Waals surface area (Å²) in [6.07, 6.45) is 1.56. The topological polar surface area (TPSA) is 9.23 Å². The molecular weight excluding hydrogens is 191 g/mol. The smallest absolute Gasteiger partial charge is 0.140 e. The molecule has 0 radical (unpaired) electrons. The Balaban J connectivity index is 2.39. The molecule has 0 N–H and O–H groups in total. The average molecular weight is 200 g/mol. The van der Waals surface area contributed by atoms with Gasteiger partial charge in [-0.2, -0.15) is 0 Å². The van der Waals surface area contributed by atoms with E-state index < -0.39 is 0 Å². The molecule has 74 valence electrons. The van der Waals surface area contributed by atoms with Gasteiger partial charge >= 0.3 is 0 Å². The standard InChI is InChI=1S/C13H9FO/c14-10-7-12-11-4-2-1-3-9(11)5-6-13(12)15-8-10/h1-7H,8H2. The van der Waals surface area contributed by atoms with Gasteiger partial charge in [-0.25, -0.2) is 4.39 Å². The summed E-state index contributed by atoms with van der Waals surface area (Å²) in [4.78, 5) is 0. The van der Waals surface area contributed by atoms with Gasteiger partial charge in [-0.1, -0.05) is 30.3 Å². The second-order valence-corrected chi connectivity index (χ2v) is 3.58. The van der Waals surface area contributed by atoms with Gasteiger partial charge in [0.15, 0.2) is 0 Å². The first-order chi connectivity index (χ1) is 7.34. The molecule has 15 heavy (non-hydrogen) atoms. The lowest BCUT2D eigenvalue weighted by atomic mass is 10.0. The molecule has 1 aliphatic heterocycles. The van der Waals surface area contributed by atoms with Crippen LogP contribution in [-0.4, -0.2) is 6.61 Å². The molecule has 0 atom stereocenters. The van der Waals surface area contributed by atoms with Crippen LogP contribution in [0.2, 0.25) is 0 Å². The number of benzene rings is 2. The van der Waals surface area contributed by atoms with Crippen molar-refractivity contribution < 1.29 is 9.13 Å². The Morgan fingerprint density at radius 1 is 1.07 bits per heavy atom. The minimum Gasteiger partial charge on any atom is -0.486 e. The third-order valence-electron chi connectivity index (χ3n) is 2.60. The summed E-state index contributed by atoms with van der Waals surface area (Å²) in [6, 6.07) is 11.8. The zero-order chi connectivity index (χ0) is 10.3. The molecule has 0 saturated carbocycles. The van der Waals surface area contributed by atoms with Gasteiger partial charge < -0.3 is 4.74 Å². The Kier molecular flexibility index (Phi) is 1.75. The minimum atomic E-state index is -0.223. The largest absolute Gasteiger partial charge is 0.486 e. The molecule has 0 aromatic heterocycles. The summed E-state index contributed by atoms with van der Waals surface area (Å²) < 4.78 is 18.4. The molecule has 1 nitrogen and oxygen atoms in total. The summed E-state index contributed by atoms with van der Waals surface area (Å²) in [7, 11) is 0. The van der Waals surface area contributed by atoms with E-state index in [0.717, 1.165) is 22.1 Å². The highest BCUT2D eigenvalue weighted by molar-refractivity contribution is 5.93. The first-order valence-corrected chi connectivity index (χ1v) is 4.85. The average Bonchev–Trinajstić information content (AvgIpc) is 2.29. The molecule has 0 aliphatic carbocycles. The number of halogens is 1. The molecule has 0 amide bonds. The molecule has 0 bridgehead atoms. The third kappa shape index (κ3) is 1.30.